The third kappa shape index (κ3) is 2.70. The van der Waals surface area contributed by atoms with Gasteiger partial charge in [-0.1, -0.05) is 11.6 Å². The molecule has 0 aliphatic heterocycles. The van der Waals surface area contributed by atoms with E-state index in [1.165, 1.54) is 18.2 Å². The van der Waals surface area contributed by atoms with Crippen molar-refractivity contribution in [3.63, 3.8) is 0 Å². The molecule has 0 radical (unpaired) electrons. The summed E-state index contributed by atoms with van der Waals surface area (Å²) >= 11 is 5.93. The molecule has 1 aliphatic rings. The molecular formula is C12H13ClO4. The van der Waals surface area contributed by atoms with Gasteiger partial charge in [-0.3, -0.25) is 0 Å². The summed E-state index contributed by atoms with van der Waals surface area (Å²) < 4.78 is 5.58. The van der Waals surface area contributed by atoms with Crippen LogP contribution in [0, 0.1) is 0 Å². The first-order chi connectivity index (χ1) is 8.08. The Morgan fingerprint density at radius 3 is 2.71 bits per heavy atom. The van der Waals surface area contributed by atoms with Gasteiger partial charge in [0, 0.05) is 0 Å². The van der Waals surface area contributed by atoms with E-state index in [9.17, 15) is 9.90 Å². The molecule has 5 heteroatoms. The van der Waals surface area contributed by atoms with Crippen molar-refractivity contribution in [1.82, 2.24) is 0 Å². The number of carbonyl (C=O) groups is 1. The van der Waals surface area contributed by atoms with Gasteiger partial charge in [-0.15, -0.1) is 0 Å². The zero-order valence-corrected chi connectivity index (χ0v) is 9.85. The van der Waals surface area contributed by atoms with Crippen LogP contribution in [0.3, 0.4) is 0 Å². The van der Waals surface area contributed by atoms with Gasteiger partial charge in [0.15, 0.2) is 0 Å². The van der Waals surface area contributed by atoms with E-state index in [4.69, 9.17) is 21.4 Å². The van der Waals surface area contributed by atoms with Crippen LogP contribution in [-0.2, 0) is 0 Å². The van der Waals surface area contributed by atoms with Gasteiger partial charge in [0.1, 0.15) is 11.9 Å². The molecule has 92 valence electrons. The Morgan fingerprint density at radius 1 is 1.41 bits per heavy atom. The summed E-state index contributed by atoms with van der Waals surface area (Å²) in [6.07, 6.45) is 1.73. The number of rotatable bonds is 3. The number of aliphatic hydroxyl groups excluding tert-OH is 1. The summed E-state index contributed by atoms with van der Waals surface area (Å²) in [6, 6.07) is 4.31. The second-order valence-electron chi connectivity index (χ2n) is 4.10. The lowest BCUT2D eigenvalue weighted by Gasteiger charge is -2.18. The van der Waals surface area contributed by atoms with Crippen LogP contribution in [-0.4, -0.2) is 28.4 Å². The fourth-order valence-corrected chi connectivity index (χ4v) is 2.16. The Morgan fingerprint density at radius 2 is 2.18 bits per heavy atom. The van der Waals surface area contributed by atoms with Crippen molar-refractivity contribution in [3.05, 3.63) is 28.8 Å². The molecular weight excluding hydrogens is 244 g/mol. The number of halogens is 1. The topological polar surface area (TPSA) is 66.8 Å². The Hall–Kier alpha value is -1.26. The molecule has 0 heterocycles. The first kappa shape index (κ1) is 12.2. The zero-order valence-electron chi connectivity index (χ0n) is 9.10. The summed E-state index contributed by atoms with van der Waals surface area (Å²) in [5.74, 6) is -0.609. The zero-order chi connectivity index (χ0) is 12.4. The average molecular weight is 257 g/mol. The minimum absolute atomic E-state index is 0.120. The number of aromatic carboxylic acids is 1. The third-order valence-electron chi connectivity index (χ3n) is 2.87. The van der Waals surface area contributed by atoms with Crippen LogP contribution in [0.15, 0.2) is 18.2 Å². The van der Waals surface area contributed by atoms with Crippen LogP contribution in [0.25, 0.3) is 0 Å². The van der Waals surface area contributed by atoms with Crippen molar-refractivity contribution < 1.29 is 19.7 Å². The van der Waals surface area contributed by atoms with E-state index in [0.29, 0.717) is 5.75 Å². The standard InChI is InChI=1S/C12H13ClO4/c13-8-6-7(12(15)16)4-5-10(8)17-11-3-1-2-9(11)14/h4-6,9,11,14H,1-3H2,(H,15,16). The van der Waals surface area contributed by atoms with Gasteiger partial charge in [0.2, 0.25) is 0 Å². The Bertz CT molecular complexity index is 433. The maximum Gasteiger partial charge on any atom is 0.335 e. The molecule has 1 aliphatic carbocycles. The number of aliphatic hydroxyl groups is 1. The third-order valence-corrected chi connectivity index (χ3v) is 3.17. The van der Waals surface area contributed by atoms with Crippen molar-refractivity contribution in [3.8, 4) is 5.75 Å². The molecule has 1 fully saturated rings. The maximum absolute atomic E-state index is 10.7. The van der Waals surface area contributed by atoms with Gasteiger partial charge in [0.05, 0.1) is 16.7 Å². The van der Waals surface area contributed by atoms with Crippen molar-refractivity contribution >= 4 is 17.6 Å². The smallest absolute Gasteiger partial charge is 0.335 e. The molecule has 1 aromatic carbocycles. The highest BCUT2D eigenvalue weighted by Crippen LogP contribution is 2.30. The monoisotopic (exact) mass is 256 g/mol. The number of carboxylic acids is 1. The largest absolute Gasteiger partial charge is 0.486 e. The predicted molar refractivity (Wildman–Crippen MR) is 62.7 cm³/mol. The number of benzene rings is 1. The quantitative estimate of drug-likeness (QED) is 0.871. The van der Waals surface area contributed by atoms with Crippen molar-refractivity contribution in [2.45, 2.75) is 31.5 Å². The van der Waals surface area contributed by atoms with Crippen LogP contribution in [0.4, 0.5) is 0 Å². The minimum Gasteiger partial charge on any atom is -0.486 e. The number of ether oxygens (including phenoxy) is 1. The van der Waals surface area contributed by atoms with E-state index in [1.807, 2.05) is 0 Å². The molecule has 4 nitrogen and oxygen atoms in total. The van der Waals surface area contributed by atoms with Gasteiger partial charge in [-0.25, -0.2) is 4.79 Å². The van der Waals surface area contributed by atoms with E-state index < -0.39 is 12.1 Å². The van der Waals surface area contributed by atoms with Gasteiger partial charge in [0.25, 0.3) is 0 Å². The van der Waals surface area contributed by atoms with E-state index in [1.54, 1.807) is 0 Å². The van der Waals surface area contributed by atoms with Gasteiger partial charge in [-0.2, -0.15) is 0 Å². The van der Waals surface area contributed by atoms with Gasteiger partial charge in [-0.05, 0) is 37.5 Å². The SMILES string of the molecule is O=C(O)c1ccc(OC2CCCC2O)c(Cl)c1. The van der Waals surface area contributed by atoms with Crippen LogP contribution >= 0.6 is 11.6 Å². The Kier molecular flexibility index (Phi) is 3.54. The molecule has 0 bridgehead atoms. The number of carboxylic acid groups (broad SMARTS) is 1. The first-order valence-electron chi connectivity index (χ1n) is 5.45. The van der Waals surface area contributed by atoms with Crippen LogP contribution in [0.1, 0.15) is 29.6 Å². The van der Waals surface area contributed by atoms with Crippen molar-refractivity contribution in [1.29, 1.82) is 0 Å². The molecule has 2 atom stereocenters. The summed E-state index contributed by atoms with van der Waals surface area (Å²) in [7, 11) is 0. The highest BCUT2D eigenvalue weighted by molar-refractivity contribution is 6.32. The molecule has 0 spiro atoms. The second kappa shape index (κ2) is 4.94. The van der Waals surface area contributed by atoms with Crippen LogP contribution in [0.5, 0.6) is 5.75 Å². The number of hydrogen-bond acceptors (Lipinski definition) is 3. The maximum atomic E-state index is 10.7. The summed E-state index contributed by atoms with van der Waals surface area (Å²) in [6.45, 7) is 0. The van der Waals surface area contributed by atoms with Crippen LogP contribution < -0.4 is 4.74 Å². The first-order valence-corrected chi connectivity index (χ1v) is 5.83. The lowest BCUT2D eigenvalue weighted by atomic mass is 10.2. The summed E-state index contributed by atoms with van der Waals surface area (Å²) in [5.41, 5.74) is 0.120. The number of hydrogen-bond donors (Lipinski definition) is 2. The van der Waals surface area contributed by atoms with E-state index in [0.717, 1.165) is 19.3 Å². The molecule has 17 heavy (non-hydrogen) atoms. The lowest BCUT2D eigenvalue weighted by Crippen LogP contribution is -2.25. The van der Waals surface area contributed by atoms with Gasteiger partial charge >= 0.3 is 5.97 Å². The lowest BCUT2D eigenvalue weighted by molar-refractivity contribution is 0.0603. The predicted octanol–water partition coefficient (Wildman–Crippen LogP) is 2.33. The minimum atomic E-state index is -1.03. The highest BCUT2D eigenvalue weighted by Gasteiger charge is 2.27. The molecule has 2 N–H and O–H groups in total. The average Bonchev–Trinajstić information content (AvgIpc) is 2.67. The Balaban J connectivity index is 2.14. The van der Waals surface area contributed by atoms with Crippen molar-refractivity contribution in [2.75, 3.05) is 0 Å². The van der Waals surface area contributed by atoms with Gasteiger partial charge < -0.3 is 14.9 Å². The molecule has 2 rings (SSSR count). The molecule has 1 saturated carbocycles. The van der Waals surface area contributed by atoms with E-state index in [-0.39, 0.29) is 16.7 Å². The molecule has 0 aromatic heterocycles. The fourth-order valence-electron chi connectivity index (χ4n) is 1.94. The highest BCUT2D eigenvalue weighted by atomic mass is 35.5. The fraction of sp³-hybridized carbons (Fsp3) is 0.417. The van der Waals surface area contributed by atoms with Crippen LogP contribution in [0.2, 0.25) is 5.02 Å². The van der Waals surface area contributed by atoms with E-state index >= 15 is 0 Å². The molecule has 0 amide bonds. The van der Waals surface area contributed by atoms with Crippen molar-refractivity contribution in [2.24, 2.45) is 0 Å². The molecule has 0 saturated heterocycles. The Labute approximate surface area is 104 Å². The molecule has 1 aromatic rings. The van der Waals surface area contributed by atoms with E-state index in [2.05, 4.69) is 0 Å². The summed E-state index contributed by atoms with van der Waals surface area (Å²) in [5, 5.41) is 18.7. The second-order valence-corrected chi connectivity index (χ2v) is 4.51. The normalized spacial score (nSPS) is 23.6. The summed E-state index contributed by atoms with van der Waals surface area (Å²) in [4.78, 5) is 10.7. The molecule has 2 unspecified atom stereocenters.